The van der Waals surface area contributed by atoms with Gasteiger partial charge in [0.1, 0.15) is 0 Å². The number of rotatable bonds is 0. The second-order valence-corrected chi connectivity index (χ2v) is 6.42. The SMILES string of the molecule is CN1c2ccccc2Cc2c1cccc2C(C)(C)C. The van der Waals surface area contributed by atoms with Crippen LogP contribution in [0.2, 0.25) is 0 Å². The minimum atomic E-state index is 0.193. The predicted molar refractivity (Wildman–Crippen MR) is 82.5 cm³/mol. The molecule has 0 N–H and O–H groups in total. The van der Waals surface area contributed by atoms with Crippen LogP contribution in [0.3, 0.4) is 0 Å². The number of anilines is 2. The fourth-order valence-electron chi connectivity index (χ4n) is 3.09. The van der Waals surface area contributed by atoms with Gasteiger partial charge in [0.25, 0.3) is 0 Å². The van der Waals surface area contributed by atoms with Gasteiger partial charge < -0.3 is 4.90 Å². The van der Waals surface area contributed by atoms with Crippen molar-refractivity contribution < 1.29 is 0 Å². The average molecular weight is 251 g/mol. The quantitative estimate of drug-likeness (QED) is 0.658. The van der Waals surface area contributed by atoms with Crippen LogP contribution in [0.5, 0.6) is 0 Å². The topological polar surface area (TPSA) is 3.24 Å². The maximum absolute atomic E-state index is 2.32. The summed E-state index contributed by atoms with van der Waals surface area (Å²) in [5.74, 6) is 0. The molecular weight excluding hydrogens is 230 g/mol. The summed E-state index contributed by atoms with van der Waals surface area (Å²) in [6.45, 7) is 6.88. The summed E-state index contributed by atoms with van der Waals surface area (Å²) in [6.07, 6.45) is 1.04. The third-order valence-electron chi connectivity index (χ3n) is 4.04. The monoisotopic (exact) mass is 251 g/mol. The van der Waals surface area contributed by atoms with Crippen molar-refractivity contribution >= 4 is 11.4 Å². The number of hydrogen-bond donors (Lipinski definition) is 0. The van der Waals surface area contributed by atoms with Crippen molar-refractivity contribution in [1.82, 2.24) is 0 Å². The maximum Gasteiger partial charge on any atom is 0.0447 e. The van der Waals surface area contributed by atoms with E-state index >= 15 is 0 Å². The summed E-state index contributed by atoms with van der Waals surface area (Å²) in [6, 6.07) is 15.4. The molecule has 0 spiro atoms. The van der Waals surface area contributed by atoms with E-state index < -0.39 is 0 Å². The highest BCUT2D eigenvalue weighted by atomic mass is 15.1. The Bertz CT molecular complexity index is 620. The van der Waals surface area contributed by atoms with Crippen molar-refractivity contribution in [3.63, 3.8) is 0 Å². The highest BCUT2D eigenvalue weighted by Crippen LogP contribution is 2.41. The smallest absolute Gasteiger partial charge is 0.0447 e. The third-order valence-corrected chi connectivity index (χ3v) is 4.04. The van der Waals surface area contributed by atoms with E-state index in [0.717, 1.165) is 6.42 Å². The minimum Gasteiger partial charge on any atom is -0.344 e. The molecule has 2 aromatic rings. The molecule has 19 heavy (non-hydrogen) atoms. The highest BCUT2D eigenvalue weighted by Gasteiger charge is 2.25. The van der Waals surface area contributed by atoms with Gasteiger partial charge in [-0.2, -0.15) is 0 Å². The molecule has 2 aromatic carbocycles. The number of fused-ring (bicyclic) bond motifs is 2. The van der Waals surface area contributed by atoms with Crippen LogP contribution < -0.4 is 4.90 Å². The molecule has 1 nitrogen and oxygen atoms in total. The van der Waals surface area contributed by atoms with Crippen molar-refractivity contribution in [2.75, 3.05) is 11.9 Å². The van der Waals surface area contributed by atoms with Crippen molar-refractivity contribution in [3.8, 4) is 0 Å². The van der Waals surface area contributed by atoms with Crippen molar-refractivity contribution in [2.24, 2.45) is 0 Å². The molecule has 0 aliphatic carbocycles. The second kappa shape index (κ2) is 4.12. The molecule has 3 rings (SSSR count). The van der Waals surface area contributed by atoms with Gasteiger partial charge in [0.2, 0.25) is 0 Å². The van der Waals surface area contributed by atoms with E-state index in [9.17, 15) is 0 Å². The summed E-state index contributed by atoms with van der Waals surface area (Å²) < 4.78 is 0. The number of hydrogen-bond acceptors (Lipinski definition) is 1. The van der Waals surface area contributed by atoms with Crippen molar-refractivity contribution in [2.45, 2.75) is 32.6 Å². The van der Waals surface area contributed by atoms with Crippen LogP contribution in [-0.2, 0) is 11.8 Å². The zero-order valence-corrected chi connectivity index (χ0v) is 12.2. The van der Waals surface area contributed by atoms with E-state index in [1.165, 1.54) is 28.1 Å². The van der Waals surface area contributed by atoms with Crippen LogP contribution in [0.1, 0.15) is 37.5 Å². The molecule has 0 saturated heterocycles. The summed E-state index contributed by atoms with van der Waals surface area (Å²) in [7, 11) is 2.17. The van der Waals surface area contributed by atoms with E-state index in [-0.39, 0.29) is 5.41 Å². The molecule has 0 radical (unpaired) electrons. The van der Waals surface area contributed by atoms with E-state index in [0.29, 0.717) is 0 Å². The lowest BCUT2D eigenvalue weighted by Gasteiger charge is -2.34. The van der Waals surface area contributed by atoms with E-state index in [1.54, 1.807) is 0 Å². The maximum atomic E-state index is 2.32. The summed E-state index contributed by atoms with van der Waals surface area (Å²) in [5, 5.41) is 0. The Kier molecular flexibility index (Phi) is 2.67. The Morgan fingerprint density at radius 3 is 2.32 bits per heavy atom. The summed E-state index contributed by atoms with van der Waals surface area (Å²) in [4.78, 5) is 2.32. The molecule has 1 aliphatic rings. The minimum absolute atomic E-state index is 0.193. The number of para-hydroxylation sites is 1. The summed E-state index contributed by atoms with van der Waals surface area (Å²) >= 11 is 0. The Morgan fingerprint density at radius 1 is 0.895 bits per heavy atom. The van der Waals surface area contributed by atoms with Gasteiger partial charge in [0.05, 0.1) is 0 Å². The first-order valence-corrected chi connectivity index (χ1v) is 6.92. The first-order valence-electron chi connectivity index (χ1n) is 6.92. The number of nitrogens with zero attached hydrogens (tertiary/aromatic N) is 1. The van der Waals surface area contributed by atoms with Gasteiger partial charge >= 0.3 is 0 Å². The molecule has 0 saturated carbocycles. The van der Waals surface area contributed by atoms with Gasteiger partial charge in [-0.15, -0.1) is 0 Å². The molecule has 0 bridgehead atoms. The van der Waals surface area contributed by atoms with Crippen LogP contribution in [0.25, 0.3) is 0 Å². The lowest BCUT2D eigenvalue weighted by Crippen LogP contribution is -2.23. The summed E-state index contributed by atoms with van der Waals surface area (Å²) in [5.41, 5.74) is 7.25. The van der Waals surface area contributed by atoms with Gasteiger partial charge in [-0.3, -0.25) is 0 Å². The Hall–Kier alpha value is -1.76. The van der Waals surface area contributed by atoms with Crippen LogP contribution in [-0.4, -0.2) is 7.05 Å². The predicted octanol–water partition coefficient (Wildman–Crippen LogP) is 4.66. The third kappa shape index (κ3) is 1.94. The second-order valence-electron chi connectivity index (χ2n) is 6.42. The molecule has 0 atom stereocenters. The number of benzene rings is 2. The van der Waals surface area contributed by atoms with E-state index in [2.05, 4.69) is 75.2 Å². The first-order chi connectivity index (χ1) is 8.98. The fourth-order valence-corrected chi connectivity index (χ4v) is 3.09. The van der Waals surface area contributed by atoms with E-state index in [1.807, 2.05) is 0 Å². The molecular formula is C18H21N. The fraction of sp³-hybridized carbons (Fsp3) is 0.333. The molecule has 1 heteroatoms. The molecule has 0 amide bonds. The first kappa shape index (κ1) is 12.3. The van der Waals surface area contributed by atoms with Crippen LogP contribution in [0, 0.1) is 0 Å². The van der Waals surface area contributed by atoms with Crippen LogP contribution >= 0.6 is 0 Å². The lowest BCUT2D eigenvalue weighted by atomic mass is 9.80. The van der Waals surface area contributed by atoms with Gasteiger partial charge in [0, 0.05) is 24.8 Å². The Labute approximate surface area is 115 Å². The zero-order valence-electron chi connectivity index (χ0n) is 12.2. The zero-order chi connectivity index (χ0) is 13.6. The van der Waals surface area contributed by atoms with Crippen LogP contribution in [0.4, 0.5) is 11.4 Å². The molecule has 98 valence electrons. The Morgan fingerprint density at radius 2 is 1.58 bits per heavy atom. The molecule has 0 unspecified atom stereocenters. The average Bonchev–Trinajstić information content (AvgIpc) is 2.37. The van der Waals surface area contributed by atoms with Gasteiger partial charge in [-0.1, -0.05) is 51.1 Å². The van der Waals surface area contributed by atoms with E-state index in [4.69, 9.17) is 0 Å². The van der Waals surface area contributed by atoms with Gasteiger partial charge in [-0.25, -0.2) is 0 Å². The molecule has 0 aromatic heterocycles. The lowest BCUT2D eigenvalue weighted by molar-refractivity contribution is 0.583. The normalized spacial score (nSPS) is 14.0. The van der Waals surface area contributed by atoms with Gasteiger partial charge in [0.15, 0.2) is 0 Å². The van der Waals surface area contributed by atoms with Crippen molar-refractivity contribution in [1.29, 1.82) is 0 Å². The Balaban J connectivity index is 2.20. The van der Waals surface area contributed by atoms with Gasteiger partial charge in [-0.05, 0) is 34.2 Å². The molecule has 1 heterocycles. The van der Waals surface area contributed by atoms with Crippen LogP contribution in [0.15, 0.2) is 42.5 Å². The highest BCUT2D eigenvalue weighted by molar-refractivity contribution is 5.75. The van der Waals surface area contributed by atoms with Crippen molar-refractivity contribution in [3.05, 3.63) is 59.2 Å². The standard InChI is InChI=1S/C18H21N/c1-18(2,3)15-9-7-11-17-14(15)12-13-8-5-6-10-16(13)19(17)4/h5-11H,12H2,1-4H3. The molecule has 1 aliphatic heterocycles. The largest absolute Gasteiger partial charge is 0.344 e. The molecule has 0 fully saturated rings.